The van der Waals surface area contributed by atoms with E-state index in [0.717, 1.165) is 74.6 Å². The molecule has 30 heavy (non-hydrogen) atoms. The fourth-order valence-electron chi connectivity index (χ4n) is 6.00. The van der Waals surface area contributed by atoms with Crippen LogP contribution in [0.15, 0.2) is 12.1 Å². The first-order valence-electron chi connectivity index (χ1n) is 11.8. The molecule has 166 valence electrons. The fourth-order valence-corrected chi connectivity index (χ4v) is 6.00. The molecular formula is C24H40N6. The number of hydrogen-bond acceptors (Lipinski definition) is 4. The lowest BCUT2D eigenvalue weighted by Gasteiger charge is -2.35. The van der Waals surface area contributed by atoms with Crippen molar-refractivity contribution in [2.24, 2.45) is 23.7 Å². The summed E-state index contributed by atoms with van der Waals surface area (Å²) in [4.78, 5) is 5.14. The molecule has 2 saturated heterocycles. The van der Waals surface area contributed by atoms with E-state index in [2.05, 4.69) is 72.8 Å². The van der Waals surface area contributed by atoms with Gasteiger partial charge in [0.2, 0.25) is 0 Å². The highest BCUT2D eigenvalue weighted by atomic mass is 15.5. The summed E-state index contributed by atoms with van der Waals surface area (Å²) in [6, 6.07) is 4.39. The topological polar surface area (TPSA) is 42.1 Å². The third-order valence-electron chi connectivity index (χ3n) is 6.82. The highest BCUT2D eigenvalue weighted by Crippen LogP contribution is 2.25. The number of likely N-dealkylation sites (tertiary alicyclic amines) is 2. The predicted molar refractivity (Wildman–Crippen MR) is 121 cm³/mol. The van der Waals surface area contributed by atoms with Crippen molar-refractivity contribution in [2.45, 2.75) is 67.5 Å². The summed E-state index contributed by atoms with van der Waals surface area (Å²) in [6.45, 7) is 20.2. The van der Waals surface area contributed by atoms with Gasteiger partial charge in [-0.15, -0.1) is 10.2 Å². The molecule has 0 bridgehead atoms. The standard InChI is InChI=1S/C24H40N6/c1-17-9-18(2)12-27(11-17)15-23-25-26-24(16-28-13-19(3)10-20(4)14-28)30(23)29-21(5)7-8-22(29)6/h7-8,17-20H,9-16H2,1-6H3/t17-,18-,19-,20+/m0/s1. The first-order valence-corrected chi connectivity index (χ1v) is 11.8. The minimum Gasteiger partial charge on any atom is -0.295 e. The largest absolute Gasteiger partial charge is 0.295 e. The second kappa shape index (κ2) is 8.83. The molecule has 2 aliphatic rings. The van der Waals surface area contributed by atoms with Crippen LogP contribution in [0, 0.1) is 37.5 Å². The van der Waals surface area contributed by atoms with Gasteiger partial charge in [-0.3, -0.25) is 14.5 Å². The minimum atomic E-state index is 0.746. The van der Waals surface area contributed by atoms with Gasteiger partial charge < -0.3 is 0 Å². The zero-order valence-corrected chi connectivity index (χ0v) is 19.8. The normalized spacial score (nSPS) is 28.9. The molecular weight excluding hydrogens is 372 g/mol. The second-order valence-electron chi connectivity index (χ2n) is 10.6. The van der Waals surface area contributed by atoms with Crippen molar-refractivity contribution < 1.29 is 0 Å². The van der Waals surface area contributed by atoms with Gasteiger partial charge in [-0.25, -0.2) is 4.68 Å². The van der Waals surface area contributed by atoms with Crippen molar-refractivity contribution >= 4 is 0 Å². The Morgan fingerprint density at radius 2 is 1.03 bits per heavy atom. The van der Waals surface area contributed by atoms with Crippen LogP contribution >= 0.6 is 0 Å². The molecule has 4 atom stereocenters. The molecule has 0 radical (unpaired) electrons. The van der Waals surface area contributed by atoms with Gasteiger partial charge in [-0.05, 0) is 62.5 Å². The lowest BCUT2D eigenvalue weighted by molar-refractivity contribution is 0.125. The van der Waals surface area contributed by atoms with Crippen LogP contribution < -0.4 is 0 Å². The van der Waals surface area contributed by atoms with Gasteiger partial charge in [0, 0.05) is 37.6 Å². The van der Waals surface area contributed by atoms with Crippen molar-refractivity contribution in [1.29, 1.82) is 0 Å². The van der Waals surface area contributed by atoms with Crippen molar-refractivity contribution in [2.75, 3.05) is 26.2 Å². The molecule has 0 aromatic carbocycles. The summed E-state index contributed by atoms with van der Waals surface area (Å²) in [7, 11) is 0. The number of piperidine rings is 2. The number of aromatic nitrogens is 4. The Kier molecular flexibility index (Phi) is 6.35. The average Bonchev–Trinajstić information content (AvgIpc) is 3.15. The van der Waals surface area contributed by atoms with E-state index in [4.69, 9.17) is 10.2 Å². The van der Waals surface area contributed by atoms with E-state index in [1.807, 2.05) is 0 Å². The maximum absolute atomic E-state index is 4.73. The molecule has 0 spiro atoms. The Hall–Kier alpha value is -1.66. The Balaban J connectivity index is 1.64. The molecule has 6 nitrogen and oxygen atoms in total. The van der Waals surface area contributed by atoms with Gasteiger partial charge in [0.15, 0.2) is 11.6 Å². The SMILES string of the molecule is Cc1ccc(C)n1-n1c(CN2C[C@H](C)C[C@H](C)C2)nnc1CN1C[C@@H](C)C[C@H](C)C1. The first-order chi connectivity index (χ1) is 14.3. The molecule has 0 saturated carbocycles. The molecule has 2 aromatic rings. The molecule has 0 N–H and O–H groups in total. The highest BCUT2D eigenvalue weighted by Gasteiger charge is 2.27. The van der Waals surface area contributed by atoms with E-state index in [0.29, 0.717) is 0 Å². The number of aryl methyl sites for hydroxylation is 2. The predicted octanol–water partition coefficient (Wildman–Crippen LogP) is 3.96. The molecule has 0 unspecified atom stereocenters. The molecule has 4 rings (SSSR count). The first kappa shape index (κ1) is 21.6. The molecule has 2 fully saturated rings. The fraction of sp³-hybridized carbons (Fsp3) is 0.750. The molecule has 2 aliphatic heterocycles. The van der Waals surface area contributed by atoms with Crippen LogP contribution in [0.25, 0.3) is 0 Å². The van der Waals surface area contributed by atoms with E-state index in [-0.39, 0.29) is 0 Å². The Morgan fingerprint density at radius 1 is 0.667 bits per heavy atom. The van der Waals surface area contributed by atoms with Gasteiger partial charge >= 0.3 is 0 Å². The van der Waals surface area contributed by atoms with Gasteiger partial charge in [-0.1, -0.05) is 27.7 Å². The van der Waals surface area contributed by atoms with Crippen LogP contribution in [-0.2, 0) is 13.1 Å². The summed E-state index contributed by atoms with van der Waals surface area (Å²) >= 11 is 0. The van der Waals surface area contributed by atoms with Crippen LogP contribution in [0.5, 0.6) is 0 Å². The number of rotatable bonds is 5. The lowest BCUT2D eigenvalue weighted by Crippen LogP contribution is -2.40. The Morgan fingerprint density at radius 3 is 1.40 bits per heavy atom. The van der Waals surface area contributed by atoms with Gasteiger partial charge in [-0.2, -0.15) is 0 Å². The smallest absolute Gasteiger partial charge is 0.167 e. The Labute approximate surface area is 182 Å². The number of nitrogens with zero attached hydrogens (tertiary/aromatic N) is 6. The van der Waals surface area contributed by atoms with Crippen LogP contribution in [0.2, 0.25) is 0 Å². The third-order valence-corrected chi connectivity index (χ3v) is 6.82. The van der Waals surface area contributed by atoms with Crippen molar-refractivity contribution in [3.05, 3.63) is 35.2 Å². The van der Waals surface area contributed by atoms with Crippen LogP contribution in [-0.4, -0.2) is 55.5 Å². The lowest BCUT2D eigenvalue weighted by atomic mass is 9.92. The summed E-state index contributed by atoms with van der Waals surface area (Å²) < 4.78 is 4.61. The van der Waals surface area contributed by atoms with Gasteiger partial charge in [0.1, 0.15) is 0 Å². The second-order valence-corrected chi connectivity index (χ2v) is 10.6. The zero-order chi connectivity index (χ0) is 21.4. The Bertz CT molecular complexity index is 767. The van der Waals surface area contributed by atoms with E-state index in [1.54, 1.807) is 0 Å². The molecule has 0 aliphatic carbocycles. The van der Waals surface area contributed by atoms with E-state index < -0.39 is 0 Å². The highest BCUT2D eigenvalue weighted by molar-refractivity contribution is 5.16. The summed E-state index contributed by atoms with van der Waals surface area (Å²) in [5.41, 5.74) is 2.46. The van der Waals surface area contributed by atoms with Gasteiger partial charge in [0.25, 0.3) is 0 Å². The molecule has 6 heteroatoms. The summed E-state index contributed by atoms with van der Waals surface area (Å²) in [5, 5.41) is 9.45. The van der Waals surface area contributed by atoms with E-state index in [1.165, 1.54) is 24.2 Å². The quantitative estimate of drug-likeness (QED) is 0.745. The minimum absolute atomic E-state index is 0.746. The van der Waals surface area contributed by atoms with Crippen molar-refractivity contribution in [1.82, 2.24) is 29.3 Å². The summed E-state index contributed by atoms with van der Waals surface area (Å²) in [6.07, 6.45) is 2.66. The summed E-state index contributed by atoms with van der Waals surface area (Å²) in [5.74, 6) is 5.11. The molecule has 2 aromatic heterocycles. The molecule has 4 heterocycles. The maximum Gasteiger partial charge on any atom is 0.167 e. The maximum atomic E-state index is 4.73. The monoisotopic (exact) mass is 412 g/mol. The van der Waals surface area contributed by atoms with Gasteiger partial charge in [0.05, 0.1) is 13.1 Å². The number of hydrogen-bond donors (Lipinski definition) is 0. The van der Waals surface area contributed by atoms with Crippen LogP contribution in [0.1, 0.15) is 63.6 Å². The van der Waals surface area contributed by atoms with Crippen LogP contribution in [0.4, 0.5) is 0 Å². The third kappa shape index (κ3) is 4.65. The van der Waals surface area contributed by atoms with Crippen LogP contribution in [0.3, 0.4) is 0 Å². The van der Waals surface area contributed by atoms with E-state index in [9.17, 15) is 0 Å². The van der Waals surface area contributed by atoms with Crippen molar-refractivity contribution in [3.63, 3.8) is 0 Å². The van der Waals surface area contributed by atoms with E-state index >= 15 is 0 Å². The zero-order valence-electron chi connectivity index (χ0n) is 19.8. The average molecular weight is 413 g/mol. The van der Waals surface area contributed by atoms with Crippen molar-refractivity contribution in [3.8, 4) is 0 Å². The molecule has 0 amide bonds.